The first-order valence-corrected chi connectivity index (χ1v) is 7.05. The van der Waals surface area contributed by atoms with Crippen LogP contribution in [-0.4, -0.2) is 37.1 Å². The highest BCUT2D eigenvalue weighted by atomic mass is 15.1. The Kier molecular flexibility index (Phi) is 6.37. The summed E-state index contributed by atoms with van der Waals surface area (Å²) in [7, 11) is 2.29. The molecule has 1 saturated carbocycles. The second-order valence-corrected chi connectivity index (χ2v) is 5.76. The lowest BCUT2D eigenvalue weighted by molar-refractivity contribution is 0.189. The predicted octanol–water partition coefficient (Wildman–Crippen LogP) is 2.89. The molecule has 2 heteroatoms. The first kappa shape index (κ1) is 14.0. The lowest BCUT2D eigenvalue weighted by Crippen LogP contribution is -2.41. The highest BCUT2D eigenvalue weighted by Crippen LogP contribution is 2.21. The van der Waals surface area contributed by atoms with Crippen molar-refractivity contribution in [3.05, 3.63) is 0 Å². The van der Waals surface area contributed by atoms with E-state index < -0.39 is 0 Å². The fourth-order valence-electron chi connectivity index (χ4n) is 2.41. The number of hydrogen-bond acceptors (Lipinski definition) is 2. The molecule has 1 N–H and O–H groups in total. The van der Waals surface area contributed by atoms with Gasteiger partial charge >= 0.3 is 0 Å². The Hall–Kier alpha value is -0.0800. The maximum absolute atomic E-state index is 3.61. The minimum atomic E-state index is 0.639. The molecule has 0 radical (unpaired) electrons. The Morgan fingerprint density at radius 2 is 1.75 bits per heavy atom. The predicted molar refractivity (Wildman–Crippen MR) is 71.8 cm³/mol. The molecule has 0 amide bonds. The number of likely N-dealkylation sites (N-methyl/N-ethyl adjacent to an activating group) is 1. The molecule has 0 saturated heterocycles. The topological polar surface area (TPSA) is 15.3 Å². The van der Waals surface area contributed by atoms with Gasteiger partial charge in [0.25, 0.3) is 0 Å². The first-order chi connectivity index (χ1) is 7.61. The van der Waals surface area contributed by atoms with E-state index in [9.17, 15) is 0 Å². The Morgan fingerprint density at radius 3 is 2.31 bits per heavy atom. The zero-order valence-electron chi connectivity index (χ0n) is 11.6. The van der Waals surface area contributed by atoms with Crippen LogP contribution in [0.1, 0.15) is 52.9 Å². The van der Waals surface area contributed by atoms with Gasteiger partial charge in [-0.2, -0.15) is 0 Å². The molecule has 0 spiro atoms. The summed E-state index contributed by atoms with van der Waals surface area (Å²) in [6, 6.07) is 1.49. The number of nitrogens with one attached hydrogen (secondary N) is 1. The van der Waals surface area contributed by atoms with E-state index in [2.05, 4.69) is 38.0 Å². The smallest absolute Gasteiger partial charge is 0.0107 e. The Morgan fingerprint density at radius 1 is 1.12 bits per heavy atom. The SMILES string of the molecule is CC(C)C(C)NCCN(C)C1CCCCC1. The van der Waals surface area contributed by atoms with Crippen molar-refractivity contribution in [2.24, 2.45) is 5.92 Å². The lowest BCUT2D eigenvalue weighted by atomic mass is 9.94. The van der Waals surface area contributed by atoms with Gasteiger partial charge in [0.2, 0.25) is 0 Å². The summed E-state index contributed by atoms with van der Waals surface area (Å²) in [5.41, 5.74) is 0. The van der Waals surface area contributed by atoms with Crippen molar-refractivity contribution in [1.82, 2.24) is 10.2 Å². The third kappa shape index (κ3) is 4.84. The largest absolute Gasteiger partial charge is 0.313 e. The van der Waals surface area contributed by atoms with E-state index in [0.29, 0.717) is 6.04 Å². The fourth-order valence-corrected chi connectivity index (χ4v) is 2.41. The maximum atomic E-state index is 3.61. The Labute approximate surface area is 102 Å². The summed E-state index contributed by atoms with van der Waals surface area (Å²) < 4.78 is 0. The second-order valence-electron chi connectivity index (χ2n) is 5.76. The molecule has 1 aliphatic rings. The van der Waals surface area contributed by atoms with Crippen LogP contribution in [0.25, 0.3) is 0 Å². The summed E-state index contributed by atoms with van der Waals surface area (Å²) >= 11 is 0. The van der Waals surface area contributed by atoms with E-state index in [0.717, 1.165) is 18.5 Å². The molecule has 0 aromatic carbocycles. The number of nitrogens with zero attached hydrogens (tertiary/aromatic N) is 1. The van der Waals surface area contributed by atoms with Gasteiger partial charge in [-0.1, -0.05) is 33.1 Å². The molecule has 0 bridgehead atoms. The van der Waals surface area contributed by atoms with Crippen molar-refractivity contribution in [3.63, 3.8) is 0 Å². The van der Waals surface area contributed by atoms with Gasteiger partial charge < -0.3 is 10.2 Å². The van der Waals surface area contributed by atoms with Crippen LogP contribution in [-0.2, 0) is 0 Å². The minimum absolute atomic E-state index is 0.639. The molecule has 0 heterocycles. The molecule has 1 fully saturated rings. The van der Waals surface area contributed by atoms with Gasteiger partial charge in [-0.15, -0.1) is 0 Å². The van der Waals surface area contributed by atoms with Crippen molar-refractivity contribution >= 4 is 0 Å². The minimum Gasteiger partial charge on any atom is -0.313 e. The zero-order chi connectivity index (χ0) is 12.0. The molecule has 1 aliphatic carbocycles. The van der Waals surface area contributed by atoms with Crippen LogP contribution in [0.2, 0.25) is 0 Å². The van der Waals surface area contributed by atoms with Gasteiger partial charge in [0.15, 0.2) is 0 Å². The molecule has 0 aromatic rings. The van der Waals surface area contributed by atoms with Gasteiger partial charge in [-0.25, -0.2) is 0 Å². The van der Waals surface area contributed by atoms with Crippen LogP contribution in [0.4, 0.5) is 0 Å². The summed E-state index contributed by atoms with van der Waals surface area (Å²) in [5, 5.41) is 3.61. The van der Waals surface area contributed by atoms with E-state index in [-0.39, 0.29) is 0 Å². The van der Waals surface area contributed by atoms with Crippen molar-refractivity contribution in [2.75, 3.05) is 20.1 Å². The molecule has 16 heavy (non-hydrogen) atoms. The number of rotatable bonds is 6. The molecule has 1 atom stereocenters. The van der Waals surface area contributed by atoms with E-state index >= 15 is 0 Å². The molecule has 1 rings (SSSR count). The third-order valence-corrected chi connectivity index (χ3v) is 4.13. The molecule has 96 valence electrons. The maximum Gasteiger partial charge on any atom is 0.0107 e. The van der Waals surface area contributed by atoms with E-state index in [4.69, 9.17) is 0 Å². The van der Waals surface area contributed by atoms with Gasteiger partial charge in [-0.3, -0.25) is 0 Å². The van der Waals surface area contributed by atoms with Crippen molar-refractivity contribution in [3.8, 4) is 0 Å². The zero-order valence-corrected chi connectivity index (χ0v) is 11.6. The normalized spacial score (nSPS) is 20.6. The standard InChI is InChI=1S/C14H30N2/c1-12(2)13(3)15-10-11-16(4)14-8-6-5-7-9-14/h12-15H,5-11H2,1-4H3. The van der Waals surface area contributed by atoms with Gasteiger partial charge in [0, 0.05) is 25.2 Å². The monoisotopic (exact) mass is 226 g/mol. The molecule has 0 aliphatic heterocycles. The van der Waals surface area contributed by atoms with Crippen molar-refractivity contribution < 1.29 is 0 Å². The van der Waals surface area contributed by atoms with Crippen LogP contribution < -0.4 is 5.32 Å². The first-order valence-electron chi connectivity index (χ1n) is 7.05. The van der Waals surface area contributed by atoms with E-state index in [1.54, 1.807) is 0 Å². The fraction of sp³-hybridized carbons (Fsp3) is 1.00. The van der Waals surface area contributed by atoms with Crippen LogP contribution in [0, 0.1) is 5.92 Å². The van der Waals surface area contributed by atoms with Crippen LogP contribution in [0.3, 0.4) is 0 Å². The highest BCUT2D eigenvalue weighted by Gasteiger charge is 2.17. The summed E-state index contributed by atoms with van der Waals surface area (Å²) in [5.74, 6) is 0.736. The Bertz CT molecular complexity index is 174. The van der Waals surface area contributed by atoms with Crippen LogP contribution >= 0.6 is 0 Å². The van der Waals surface area contributed by atoms with E-state index in [1.165, 1.54) is 38.6 Å². The summed E-state index contributed by atoms with van der Waals surface area (Å²) in [6.45, 7) is 9.17. The van der Waals surface area contributed by atoms with Gasteiger partial charge in [-0.05, 0) is 32.7 Å². The third-order valence-electron chi connectivity index (χ3n) is 4.13. The average molecular weight is 226 g/mol. The molecular weight excluding hydrogens is 196 g/mol. The molecule has 0 aromatic heterocycles. The Balaban J connectivity index is 2.11. The van der Waals surface area contributed by atoms with Crippen LogP contribution in [0.15, 0.2) is 0 Å². The summed E-state index contributed by atoms with van der Waals surface area (Å²) in [6.07, 6.45) is 7.15. The average Bonchev–Trinajstić information content (AvgIpc) is 2.29. The van der Waals surface area contributed by atoms with Crippen molar-refractivity contribution in [2.45, 2.75) is 65.0 Å². The van der Waals surface area contributed by atoms with Gasteiger partial charge in [0.05, 0.1) is 0 Å². The van der Waals surface area contributed by atoms with Gasteiger partial charge in [0.1, 0.15) is 0 Å². The molecular formula is C14H30N2. The van der Waals surface area contributed by atoms with Crippen molar-refractivity contribution in [1.29, 1.82) is 0 Å². The quantitative estimate of drug-likeness (QED) is 0.749. The molecule has 2 nitrogen and oxygen atoms in total. The molecule has 1 unspecified atom stereocenters. The lowest BCUT2D eigenvalue weighted by Gasteiger charge is -2.31. The second kappa shape index (κ2) is 7.29. The number of hydrogen-bond donors (Lipinski definition) is 1. The van der Waals surface area contributed by atoms with E-state index in [1.807, 2.05) is 0 Å². The summed E-state index contributed by atoms with van der Waals surface area (Å²) in [4.78, 5) is 2.55. The van der Waals surface area contributed by atoms with Crippen LogP contribution in [0.5, 0.6) is 0 Å². The highest BCUT2D eigenvalue weighted by molar-refractivity contribution is 4.74.